The zero-order valence-corrected chi connectivity index (χ0v) is 11.7. The Hall–Kier alpha value is -1.72. The van der Waals surface area contributed by atoms with Crippen molar-refractivity contribution in [2.45, 2.75) is 6.54 Å². The molecule has 0 aliphatic rings. The van der Waals surface area contributed by atoms with Gasteiger partial charge in [-0.2, -0.15) is 5.10 Å². The van der Waals surface area contributed by atoms with E-state index in [9.17, 15) is 0 Å². The Balaban J connectivity index is 2.12. The molecule has 2 N–H and O–H groups in total. The summed E-state index contributed by atoms with van der Waals surface area (Å²) >= 11 is 12.0. The summed E-state index contributed by atoms with van der Waals surface area (Å²) in [4.78, 5) is 4.29. The number of nitrogens with zero attached hydrogens (tertiary/aromatic N) is 4. The normalized spacial score (nSPS) is 11.3. The van der Waals surface area contributed by atoms with Gasteiger partial charge in [0, 0.05) is 18.8 Å². The molecule has 2 aromatic heterocycles. The zero-order valence-electron chi connectivity index (χ0n) is 10.1. The van der Waals surface area contributed by atoms with Gasteiger partial charge in [0.05, 0.1) is 33.8 Å². The first kappa shape index (κ1) is 12.3. The average molecular weight is 296 g/mol. The largest absolute Gasteiger partial charge is 0.369 e. The van der Waals surface area contributed by atoms with Crippen LogP contribution < -0.4 is 5.73 Å². The molecule has 0 spiro atoms. The van der Waals surface area contributed by atoms with Crippen molar-refractivity contribution in [3.05, 3.63) is 40.1 Å². The standard InChI is InChI=1S/C12H11Cl2N5/c1-18-5-7(4-16-18)6-19-11-3-9(14)8(13)2-10(11)17-12(19)15/h2-5H,6H2,1H3,(H2,15,17). The molecule has 0 radical (unpaired) electrons. The van der Waals surface area contributed by atoms with Crippen LogP contribution >= 0.6 is 23.2 Å². The van der Waals surface area contributed by atoms with E-state index < -0.39 is 0 Å². The molecule has 0 saturated carbocycles. The smallest absolute Gasteiger partial charge is 0.201 e. The molecule has 0 unspecified atom stereocenters. The van der Waals surface area contributed by atoms with Crippen LogP contribution in [0.3, 0.4) is 0 Å². The second-order valence-electron chi connectivity index (χ2n) is 4.33. The third-order valence-corrected chi connectivity index (χ3v) is 3.64. The summed E-state index contributed by atoms with van der Waals surface area (Å²) in [5.74, 6) is 0.428. The van der Waals surface area contributed by atoms with Gasteiger partial charge in [0.15, 0.2) is 0 Å². The van der Waals surface area contributed by atoms with Crippen LogP contribution in [-0.2, 0) is 13.6 Å². The Bertz CT molecular complexity index is 759. The molecule has 0 fully saturated rings. The Kier molecular flexibility index (Phi) is 2.88. The fourth-order valence-corrected chi connectivity index (χ4v) is 2.36. The van der Waals surface area contributed by atoms with E-state index in [0.717, 1.165) is 16.6 Å². The molecule has 5 nitrogen and oxygen atoms in total. The minimum atomic E-state index is 0.428. The highest BCUT2D eigenvalue weighted by Crippen LogP contribution is 2.29. The van der Waals surface area contributed by atoms with Gasteiger partial charge in [0.25, 0.3) is 0 Å². The van der Waals surface area contributed by atoms with E-state index in [1.807, 2.05) is 17.8 Å². The zero-order chi connectivity index (χ0) is 13.6. The van der Waals surface area contributed by atoms with Crippen molar-refractivity contribution >= 4 is 40.2 Å². The predicted molar refractivity (Wildman–Crippen MR) is 76.5 cm³/mol. The fourth-order valence-electron chi connectivity index (χ4n) is 2.04. The second-order valence-corrected chi connectivity index (χ2v) is 5.15. The SMILES string of the molecule is Cn1cc(Cn2c(N)nc3cc(Cl)c(Cl)cc32)cn1. The number of fused-ring (bicyclic) bond motifs is 1. The van der Waals surface area contributed by atoms with Crippen LogP contribution in [0.4, 0.5) is 5.95 Å². The van der Waals surface area contributed by atoms with Gasteiger partial charge in [-0.15, -0.1) is 0 Å². The molecule has 3 rings (SSSR count). The van der Waals surface area contributed by atoms with Crippen LogP contribution in [0, 0.1) is 0 Å². The second kappa shape index (κ2) is 4.43. The highest BCUT2D eigenvalue weighted by molar-refractivity contribution is 6.42. The molecule has 2 heterocycles. The van der Waals surface area contributed by atoms with E-state index >= 15 is 0 Å². The molecule has 0 saturated heterocycles. The number of imidazole rings is 1. The summed E-state index contributed by atoms with van der Waals surface area (Å²) in [6.07, 6.45) is 3.73. The van der Waals surface area contributed by atoms with Crippen molar-refractivity contribution in [2.24, 2.45) is 7.05 Å². The van der Waals surface area contributed by atoms with Gasteiger partial charge < -0.3 is 10.3 Å². The lowest BCUT2D eigenvalue weighted by Gasteiger charge is -2.05. The first-order chi connectivity index (χ1) is 9.04. The minimum absolute atomic E-state index is 0.428. The topological polar surface area (TPSA) is 61.7 Å². The Labute approximate surface area is 119 Å². The lowest BCUT2D eigenvalue weighted by Crippen LogP contribution is -2.04. The van der Waals surface area contributed by atoms with Crippen LogP contribution in [0.1, 0.15) is 5.56 Å². The fraction of sp³-hybridized carbons (Fsp3) is 0.167. The Morgan fingerprint density at radius 1 is 1.26 bits per heavy atom. The maximum absolute atomic E-state index is 6.05. The molecule has 19 heavy (non-hydrogen) atoms. The summed E-state index contributed by atoms with van der Waals surface area (Å²) in [5, 5.41) is 5.09. The van der Waals surface area contributed by atoms with Gasteiger partial charge in [-0.25, -0.2) is 4.98 Å². The van der Waals surface area contributed by atoms with Crippen LogP contribution in [0.5, 0.6) is 0 Å². The van der Waals surface area contributed by atoms with Crippen LogP contribution in [0.15, 0.2) is 24.5 Å². The van der Waals surface area contributed by atoms with Crippen LogP contribution in [0.2, 0.25) is 10.0 Å². The molecule has 0 aliphatic heterocycles. The number of hydrogen-bond donors (Lipinski definition) is 1. The summed E-state index contributed by atoms with van der Waals surface area (Å²) < 4.78 is 3.63. The number of nitrogens with two attached hydrogens (primary N) is 1. The molecule has 0 bridgehead atoms. The predicted octanol–water partition coefficient (Wildman–Crippen LogP) is 2.71. The lowest BCUT2D eigenvalue weighted by atomic mass is 10.3. The number of halogens is 2. The summed E-state index contributed by atoms with van der Waals surface area (Å²) in [5.41, 5.74) is 8.58. The highest BCUT2D eigenvalue weighted by Gasteiger charge is 2.12. The van der Waals surface area contributed by atoms with E-state index in [1.165, 1.54) is 0 Å². The van der Waals surface area contributed by atoms with Gasteiger partial charge in [-0.3, -0.25) is 4.68 Å². The van der Waals surface area contributed by atoms with Crippen LogP contribution in [-0.4, -0.2) is 19.3 Å². The van der Waals surface area contributed by atoms with Gasteiger partial charge >= 0.3 is 0 Å². The number of benzene rings is 1. The number of anilines is 1. The Morgan fingerprint density at radius 3 is 2.68 bits per heavy atom. The number of hydrogen-bond acceptors (Lipinski definition) is 3. The van der Waals surface area contributed by atoms with Gasteiger partial charge in [-0.1, -0.05) is 23.2 Å². The third-order valence-electron chi connectivity index (χ3n) is 2.92. The molecular formula is C12H11Cl2N5. The summed E-state index contributed by atoms with van der Waals surface area (Å²) in [6.45, 7) is 0.591. The molecule has 3 aromatic rings. The van der Waals surface area contributed by atoms with Crippen molar-refractivity contribution in [1.29, 1.82) is 0 Å². The van der Waals surface area contributed by atoms with E-state index in [0.29, 0.717) is 22.5 Å². The van der Waals surface area contributed by atoms with Gasteiger partial charge in [0.2, 0.25) is 5.95 Å². The quantitative estimate of drug-likeness (QED) is 0.791. The highest BCUT2D eigenvalue weighted by atomic mass is 35.5. The van der Waals surface area contributed by atoms with E-state index in [1.54, 1.807) is 23.0 Å². The minimum Gasteiger partial charge on any atom is -0.369 e. The van der Waals surface area contributed by atoms with Crippen molar-refractivity contribution < 1.29 is 0 Å². The third kappa shape index (κ3) is 2.15. The maximum Gasteiger partial charge on any atom is 0.201 e. The van der Waals surface area contributed by atoms with E-state index in [-0.39, 0.29) is 0 Å². The summed E-state index contributed by atoms with van der Waals surface area (Å²) in [7, 11) is 1.87. The maximum atomic E-state index is 6.05. The van der Waals surface area contributed by atoms with Crippen molar-refractivity contribution in [3.8, 4) is 0 Å². The molecule has 0 aliphatic carbocycles. The number of aryl methyl sites for hydroxylation is 1. The molecular weight excluding hydrogens is 285 g/mol. The first-order valence-electron chi connectivity index (χ1n) is 5.63. The lowest BCUT2D eigenvalue weighted by molar-refractivity contribution is 0.765. The van der Waals surface area contributed by atoms with Crippen LogP contribution in [0.25, 0.3) is 11.0 Å². The number of rotatable bonds is 2. The molecule has 98 valence electrons. The van der Waals surface area contributed by atoms with E-state index in [2.05, 4.69) is 10.1 Å². The van der Waals surface area contributed by atoms with E-state index in [4.69, 9.17) is 28.9 Å². The van der Waals surface area contributed by atoms with Gasteiger partial charge in [0.1, 0.15) is 0 Å². The first-order valence-corrected chi connectivity index (χ1v) is 6.38. The molecule has 0 atom stereocenters. The van der Waals surface area contributed by atoms with Crippen molar-refractivity contribution in [3.63, 3.8) is 0 Å². The molecule has 0 amide bonds. The van der Waals surface area contributed by atoms with Crippen molar-refractivity contribution in [2.75, 3.05) is 5.73 Å². The number of aromatic nitrogens is 4. The number of nitrogen functional groups attached to an aromatic ring is 1. The average Bonchev–Trinajstić information content (AvgIpc) is 2.87. The summed E-state index contributed by atoms with van der Waals surface area (Å²) in [6, 6.07) is 3.49. The monoisotopic (exact) mass is 295 g/mol. The molecule has 1 aromatic carbocycles. The van der Waals surface area contributed by atoms with Crippen molar-refractivity contribution in [1.82, 2.24) is 19.3 Å². The molecule has 7 heteroatoms. The van der Waals surface area contributed by atoms with Gasteiger partial charge in [-0.05, 0) is 12.1 Å². The Morgan fingerprint density at radius 2 is 2.00 bits per heavy atom.